The van der Waals surface area contributed by atoms with E-state index in [1.807, 2.05) is 30.3 Å². The summed E-state index contributed by atoms with van der Waals surface area (Å²) in [5, 5.41) is 10.0. The molecule has 1 fully saturated rings. The molecule has 0 bridgehead atoms. The smallest absolute Gasteiger partial charge is 0.305 e. The number of carbonyl (C=O) groups is 1. The van der Waals surface area contributed by atoms with Gasteiger partial charge in [-0.05, 0) is 12.1 Å². The lowest BCUT2D eigenvalue weighted by Gasteiger charge is -2.34. The highest BCUT2D eigenvalue weighted by Gasteiger charge is 2.26. The highest BCUT2D eigenvalue weighted by molar-refractivity contribution is 5.77. The topological polar surface area (TPSA) is 62.9 Å². The minimum absolute atomic E-state index is 0.0885. The van der Waals surface area contributed by atoms with Gasteiger partial charge in [0, 0.05) is 18.0 Å². The molecule has 1 aliphatic rings. The molecule has 3 rings (SSSR count). The van der Waals surface area contributed by atoms with E-state index >= 15 is 0 Å². The first-order valence-corrected chi connectivity index (χ1v) is 6.73. The van der Waals surface area contributed by atoms with Crippen molar-refractivity contribution in [3.8, 4) is 0 Å². The van der Waals surface area contributed by atoms with Crippen LogP contribution in [-0.2, 0) is 16.1 Å². The second-order valence-corrected chi connectivity index (χ2v) is 5.05. The van der Waals surface area contributed by atoms with Crippen molar-refractivity contribution >= 4 is 16.9 Å². The molecule has 5 nitrogen and oxygen atoms in total. The third-order valence-electron chi connectivity index (χ3n) is 3.60. The van der Waals surface area contributed by atoms with Crippen LogP contribution in [0.25, 0.3) is 11.0 Å². The number of hydrogen-bond donors (Lipinski definition) is 1. The number of carboxylic acid groups (broad SMARTS) is 1. The van der Waals surface area contributed by atoms with E-state index in [0.717, 1.165) is 23.3 Å². The van der Waals surface area contributed by atoms with Crippen molar-refractivity contribution in [3.63, 3.8) is 0 Å². The monoisotopic (exact) mass is 275 g/mol. The zero-order chi connectivity index (χ0) is 13.9. The van der Waals surface area contributed by atoms with Gasteiger partial charge in [0.2, 0.25) is 0 Å². The molecular formula is C15H17NO4. The Kier molecular flexibility index (Phi) is 3.71. The maximum atomic E-state index is 10.9. The van der Waals surface area contributed by atoms with Crippen LogP contribution in [-0.4, -0.2) is 41.8 Å². The van der Waals surface area contributed by atoms with Gasteiger partial charge in [-0.3, -0.25) is 9.69 Å². The molecule has 0 radical (unpaired) electrons. The van der Waals surface area contributed by atoms with Gasteiger partial charge in [0.15, 0.2) is 0 Å². The van der Waals surface area contributed by atoms with Crippen molar-refractivity contribution in [2.45, 2.75) is 19.0 Å². The number of benzene rings is 1. The summed E-state index contributed by atoms with van der Waals surface area (Å²) in [5.74, 6) is 0.0681. The standard InChI is InChI=1S/C15H17NO4/c17-15(18)8-12-10-19-6-5-16(12)9-13-7-11-3-1-2-4-14(11)20-13/h1-4,7,12H,5-6,8-10H2,(H,17,18). The molecule has 1 aromatic heterocycles. The van der Waals surface area contributed by atoms with Crippen molar-refractivity contribution in [2.24, 2.45) is 0 Å². The first-order chi connectivity index (χ1) is 9.72. The molecule has 5 heteroatoms. The van der Waals surface area contributed by atoms with E-state index in [2.05, 4.69) is 4.90 Å². The minimum atomic E-state index is -0.796. The van der Waals surface area contributed by atoms with Gasteiger partial charge in [-0.1, -0.05) is 18.2 Å². The van der Waals surface area contributed by atoms with Crippen molar-refractivity contribution in [2.75, 3.05) is 19.8 Å². The number of para-hydroxylation sites is 1. The van der Waals surface area contributed by atoms with Crippen LogP contribution >= 0.6 is 0 Å². The molecule has 0 spiro atoms. The summed E-state index contributed by atoms with van der Waals surface area (Å²) in [6.45, 7) is 2.45. The first kappa shape index (κ1) is 13.1. The molecule has 1 aromatic carbocycles. The fourth-order valence-corrected chi connectivity index (χ4v) is 2.60. The third kappa shape index (κ3) is 2.84. The Balaban J connectivity index is 1.75. The van der Waals surface area contributed by atoms with Crippen LogP contribution in [0.1, 0.15) is 12.2 Å². The Morgan fingerprint density at radius 3 is 3.05 bits per heavy atom. The number of fused-ring (bicyclic) bond motifs is 1. The quantitative estimate of drug-likeness (QED) is 0.926. The van der Waals surface area contributed by atoms with Crippen LogP contribution in [0.15, 0.2) is 34.7 Å². The number of nitrogens with zero attached hydrogens (tertiary/aromatic N) is 1. The number of rotatable bonds is 4. The highest BCUT2D eigenvalue weighted by Crippen LogP contribution is 2.22. The molecule has 2 aromatic rings. The van der Waals surface area contributed by atoms with Crippen LogP contribution < -0.4 is 0 Å². The van der Waals surface area contributed by atoms with Crippen molar-refractivity contribution in [1.82, 2.24) is 4.90 Å². The molecule has 0 saturated carbocycles. The molecule has 1 atom stereocenters. The number of hydrogen-bond acceptors (Lipinski definition) is 4. The summed E-state index contributed by atoms with van der Waals surface area (Å²) in [6, 6.07) is 9.79. The van der Waals surface area contributed by atoms with Crippen molar-refractivity contribution in [1.29, 1.82) is 0 Å². The summed E-state index contributed by atoms with van der Waals surface area (Å²) < 4.78 is 11.2. The van der Waals surface area contributed by atoms with Gasteiger partial charge in [-0.25, -0.2) is 0 Å². The average molecular weight is 275 g/mol. The minimum Gasteiger partial charge on any atom is -0.481 e. The van der Waals surface area contributed by atoms with Gasteiger partial charge < -0.3 is 14.3 Å². The van der Waals surface area contributed by atoms with E-state index in [-0.39, 0.29) is 12.5 Å². The molecule has 1 saturated heterocycles. The Labute approximate surface area is 116 Å². The van der Waals surface area contributed by atoms with Crippen LogP contribution in [0.3, 0.4) is 0 Å². The normalized spacial score (nSPS) is 20.3. The summed E-state index contributed by atoms with van der Waals surface area (Å²) in [4.78, 5) is 13.0. The van der Waals surface area contributed by atoms with Crippen LogP contribution in [0.5, 0.6) is 0 Å². The van der Waals surface area contributed by atoms with Gasteiger partial charge in [0.1, 0.15) is 11.3 Å². The molecule has 0 amide bonds. The lowest BCUT2D eigenvalue weighted by molar-refractivity contribution is -0.140. The largest absolute Gasteiger partial charge is 0.481 e. The number of carboxylic acids is 1. The molecule has 2 heterocycles. The maximum absolute atomic E-state index is 10.9. The van der Waals surface area contributed by atoms with E-state index in [1.54, 1.807) is 0 Å². The number of ether oxygens (including phenoxy) is 1. The molecule has 20 heavy (non-hydrogen) atoms. The second kappa shape index (κ2) is 5.64. The highest BCUT2D eigenvalue weighted by atomic mass is 16.5. The Hall–Kier alpha value is -1.85. The van der Waals surface area contributed by atoms with Gasteiger partial charge in [-0.15, -0.1) is 0 Å². The lowest BCUT2D eigenvalue weighted by Crippen LogP contribution is -2.45. The zero-order valence-electron chi connectivity index (χ0n) is 11.1. The Bertz CT molecular complexity index is 574. The van der Waals surface area contributed by atoms with Crippen molar-refractivity contribution in [3.05, 3.63) is 36.1 Å². The molecule has 0 aliphatic carbocycles. The second-order valence-electron chi connectivity index (χ2n) is 5.05. The predicted octanol–water partition coefficient (Wildman–Crippen LogP) is 2.11. The van der Waals surface area contributed by atoms with E-state index in [4.69, 9.17) is 14.3 Å². The van der Waals surface area contributed by atoms with Gasteiger partial charge in [-0.2, -0.15) is 0 Å². The summed E-state index contributed by atoms with van der Waals surface area (Å²) in [5.41, 5.74) is 0.866. The van der Waals surface area contributed by atoms with Gasteiger partial charge in [0.25, 0.3) is 0 Å². The summed E-state index contributed by atoms with van der Waals surface area (Å²) >= 11 is 0. The average Bonchev–Trinajstić information content (AvgIpc) is 2.82. The molecule has 1 aliphatic heterocycles. The number of aliphatic carboxylic acids is 1. The molecule has 106 valence electrons. The van der Waals surface area contributed by atoms with E-state index in [1.165, 1.54) is 0 Å². The van der Waals surface area contributed by atoms with E-state index in [9.17, 15) is 4.79 Å². The van der Waals surface area contributed by atoms with Gasteiger partial charge >= 0.3 is 5.97 Å². The van der Waals surface area contributed by atoms with Crippen molar-refractivity contribution < 1.29 is 19.1 Å². The van der Waals surface area contributed by atoms with Crippen LogP contribution in [0.4, 0.5) is 0 Å². The Morgan fingerprint density at radius 1 is 1.40 bits per heavy atom. The fourth-order valence-electron chi connectivity index (χ4n) is 2.60. The van der Waals surface area contributed by atoms with Crippen LogP contribution in [0, 0.1) is 0 Å². The summed E-state index contributed by atoms with van der Waals surface area (Å²) in [6.07, 6.45) is 0.0974. The summed E-state index contributed by atoms with van der Waals surface area (Å²) in [7, 11) is 0. The molecule has 1 unspecified atom stereocenters. The molecule has 1 N–H and O–H groups in total. The van der Waals surface area contributed by atoms with Crippen LogP contribution in [0.2, 0.25) is 0 Å². The molecular weight excluding hydrogens is 258 g/mol. The number of morpholine rings is 1. The fraction of sp³-hybridized carbons (Fsp3) is 0.400. The first-order valence-electron chi connectivity index (χ1n) is 6.73. The van der Waals surface area contributed by atoms with Gasteiger partial charge in [0.05, 0.1) is 26.2 Å². The lowest BCUT2D eigenvalue weighted by atomic mass is 10.1. The SMILES string of the molecule is O=C(O)CC1COCCN1Cc1cc2ccccc2o1. The number of furan rings is 1. The predicted molar refractivity (Wildman–Crippen MR) is 73.5 cm³/mol. The maximum Gasteiger partial charge on any atom is 0.305 e. The van der Waals surface area contributed by atoms with E-state index in [0.29, 0.717) is 19.8 Å². The zero-order valence-corrected chi connectivity index (χ0v) is 11.1. The third-order valence-corrected chi connectivity index (χ3v) is 3.60. The Morgan fingerprint density at radius 2 is 2.25 bits per heavy atom. The van der Waals surface area contributed by atoms with E-state index < -0.39 is 5.97 Å².